The Labute approximate surface area is 779 Å². The van der Waals surface area contributed by atoms with Gasteiger partial charge in [-0.05, 0) is 253 Å². The van der Waals surface area contributed by atoms with Gasteiger partial charge < -0.3 is 23.2 Å². The predicted octanol–water partition coefficient (Wildman–Crippen LogP) is 23.3. The molecule has 14 rings (SSSR count). The molecule has 0 aliphatic carbocycles. The van der Waals surface area contributed by atoms with Gasteiger partial charge in [-0.3, -0.25) is 24.3 Å². The van der Waals surface area contributed by atoms with E-state index in [1.807, 2.05) is 181 Å². The van der Waals surface area contributed by atoms with Crippen LogP contribution in [0.15, 0.2) is 233 Å². The van der Waals surface area contributed by atoms with Gasteiger partial charge in [-0.2, -0.15) is 20.3 Å². The van der Waals surface area contributed by atoms with E-state index in [1.54, 1.807) is 85.0 Å². The largest absolute Gasteiger partial charge is 0.349 e. The smallest absolute Gasteiger partial charge is 0.213 e. The van der Waals surface area contributed by atoms with Gasteiger partial charge in [0, 0.05) is 154 Å². The monoisotopic (exact) mass is 1790 g/mol. The second-order valence-corrected chi connectivity index (χ2v) is 45.3. The molecule has 0 aromatic carbocycles. The topological polar surface area (TPSA) is 313 Å². The molecule has 14 aromatic rings. The summed E-state index contributed by atoms with van der Waals surface area (Å²) in [7, 11) is 0. The maximum atomic E-state index is 4.58. The summed E-state index contributed by atoms with van der Waals surface area (Å²) in [6, 6.07) is 22.2. The van der Waals surface area contributed by atoms with Crippen LogP contribution in [0, 0.1) is 0 Å². The predicted molar refractivity (Wildman–Crippen MR) is 529 cm³/mol. The number of tetrazole rings is 1. The zero-order valence-corrected chi connectivity index (χ0v) is 87.6. The Kier molecular flexibility index (Phi) is 46.6. The SMILES string of the molecule is CC(C)(C)c1ccccn1.CC(C)(C)c1cccnc1.CC(C)(C)c1ccncc1.CC(C)(C)c1cnc[nH]1.CC(C)(C)c1nccs1.CC(C)(C)c1ncon1.CC(C)(C)n1cccc1.CC(C)(C)n1cccn1.CC(C)(C)n1cccn1.CC(C)(C)n1ccnc1.CC(C)(C)n1ccnn1.CC(C)(C)n1cncn1.CC(C)(C)n1cnnc1.CC(C)(C)n1cnnn1. The molecule has 129 heavy (non-hydrogen) atoms. The second kappa shape index (κ2) is 51.9. The number of imidazole rings is 2. The summed E-state index contributed by atoms with van der Waals surface area (Å²) in [5.74, 6) is 0.752. The van der Waals surface area contributed by atoms with E-state index in [2.05, 4.69) is 401 Å². The fourth-order valence-corrected chi connectivity index (χ4v) is 9.86. The van der Waals surface area contributed by atoms with Crippen LogP contribution in [0.4, 0.5) is 0 Å². The van der Waals surface area contributed by atoms with Gasteiger partial charge in [0.25, 0.3) is 0 Å². The van der Waals surface area contributed by atoms with Crippen LogP contribution in [0.2, 0.25) is 0 Å². The highest BCUT2D eigenvalue weighted by Gasteiger charge is 2.22. The third-order valence-electron chi connectivity index (χ3n) is 17.4. The summed E-state index contributed by atoms with van der Waals surface area (Å²) in [4.78, 5) is 35.2. The van der Waals surface area contributed by atoms with Gasteiger partial charge in [0.1, 0.15) is 31.6 Å². The molecule has 14 aromatic heterocycles. The first-order valence-electron chi connectivity index (χ1n) is 43.8. The Hall–Kier alpha value is -11.2. The number of H-pyrrole nitrogens is 1. The Morgan fingerprint density at radius 3 is 1.06 bits per heavy atom. The van der Waals surface area contributed by atoms with Crippen LogP contribution in [0.3, 0.4) is 0 Å². The molecule has 30 heteroatoms. The first-order chi connectivity index (χ1) is 59.0. The summed E-state index contributed by atoms with van der Waals surface area (Å²) in [6.45, 7) is 89.4. The first-order valence-corrected chi connectivity index (χ1v) is 44.7. The van der Waals surface area contributed by atoms with E-state index < -0.39 is 0 Å². The van der Waals surface area contributed by atoms with E-state index in [9.17, 15) is 0 Å². The summed E-state index contributed by atoms with van der Waals surface area (Å²) in [5, 5.41) is 44.9. The third kappa shape index (κ3) is 51.0. The Balaban J connectivity index is 0.000000695. The fraction of sp³-hybridized carbons (Fsp3) is 0.566. The Bertz CT molecular complexity index is 3930. The molecule has 0 saturated carbocycles. The molecule has 712 valence electrons. The van der Waals surface area contributed by atoms with Crippen LogP contribution in [0.25, 0.3) is 0 Å². The van der Waals surface area contributed by atoms with Crippen LogP contribution in [0.1, 0.15) is 324 Å². The van der Waals surface area contributed by atoms with Gasteiger partial charge in [-0.1, -0.05) is 147 Å². The minimum atomic E-state index is 0.00347. The number of rotatable bonds is 0. The van der Waals surface area contributed by atoms with Gasteiger partial charge in [0.15, 0.2) is 5.82 Å². The van der Waals surface area contributed by atoms with Gasteiger partial charge in [-0.25, -0.2) is 34.0 Å². The van der Waals surface area contributed by atoms with Crippen molar-refractivity contribution in [3.8, 4) is 0 Å². The fourth-order valence-electron chi connectivity index (χ4n) is 9.13. The average Bonchev–Trinajstić information content (AvgIpc) is 1.81. The zero-order chi connectivity index (χ0) is 98.8. The first kappa shape index (κ1) is 116. The van der Waals surface area contributed by atoms with E-state index in [4.69, 9.17) is 0 Å². The number of hydrogen-bond acceptors (Lipinski definition) is 21. The minimum absolute atomic E-state index is 0.00347. The van der Waals surface area contributed by atoms with Crippen LogP contribution in [-0.4, -0.2) is 138 Å². The van der Waals surface area contributed by atoms with E-state index in [0.29, 0.717) is 0 Å². The highest BCUT2D eigenvalue weighted by molar-refractivity contribution is 7.09. The van der Waals surface area contributed by atoms with Crippen molar-refractivity contribution in [2.75, 3.05) is 0 Å². The molecule has 0 spiro atoms. The number of aromatic nitrogens is 28. The summed E-state index contributed by atoms with van der Waals surface area (Å²) in [6.07, 6.45) is 45.2. The lowest BCUT2D eigenvalue weighted by molar-refractivity contribution is 0.346. The standard InChI is InChI=1S/3C9H13N.C8H13N.4C7H12N2.C7H11NS.3C6H11N3.C6H10N2O.C5H10N4/c1-9(2,3)8-4-6-10-7-5-8;1-9(2,3)8-5-4-6-10-7-8;1-9(2,3)8-6-4-5-7-10-8;1-8(2,3)9-6-4-5-7-9;1-7(2,3)6-4-8-5-9-6;1-7(2,3)9-5-4-8-6-9;2*1-7(2,3)9-6-4-5-8-9;1-7(2,3)6-8-4-5-9-6;1-6(2,3)9-4-7-8-5-9;1-6(2,3)9-5-7-4-8-9;1-6(2,3)9-5-4-7-8-9;1-6(2,3)5-7-4-9-8-5;1-5(2,3)9-4-6-7-8-9/h3*4-7H,1-3H3;4-7H,1-3H3;4-5H,1-3H3,(H,8,9);3*4-6H,1-3H3;4*4-5H,1-3H3;2*4H,1-3H3. The summed E-state index contributed by atoms with van der Waals surface area (Å²) >= 11 is 1.72. The zero-order valence-electron chi connectivity index (χ0n) is 86.8. The van der Waals surface area contributed by atoms with Crippen LogP contribution < -0.4 is 0 Å². The Morgan fingerprint density at radius 2 is 0.837 bits per heavy atom. The van der Waals surface area contributed by atoms with E-state index >= 15 is 0 Å². The lowest BCUT2D eigenvalue weighted by Crippen LogP contribution is -2.22. The lowest BCUT2D eigenvalue weighted by Gasteiger charge is -2.20. The lowest BCUT2D eigenvalue weighted by atomic mass is 9.88. The highest BCUT2D eigenvalue weighted by Crippen LogP contribution is 2.26. The number of aromatic amines is 1. The molecule has 0 unspecified atom stereocenters. The number of nitrogens with zero attached hydrogens (tertiary/aromatic N) is 27. The molecular formula is C99H164N28OS. The normalized spacial score (nSPS) is 11.8. The summed E-state index contributed by atoms with van der Waals surface area (Å²) < 4.78 is 20.1. The maximum Gasteiger partial charge on any atom is 0.213 e. The summed E-state index contributed by atoms with van der Waals surface area (Å²) in [5.41, 5.74) is 6.98. The van der Waals surface area contributed by atoms with Gasteiger partial charge in [0.2, 0.25) is 6.39 Å². The molecule has 0 aliphatic heterocycles. The van der Waals surface area contributed by atoms with Crippen molar-refractivity contribution in [1.82, 2.24) is 138 Å². The second-order valence-electron chi connectivity index (χ2n) is 44.4. The molecule has 0 radical (unpaired) electrons. The van der Waals surface area contributed by atoms with Crippen LogP contribution in [0.5, 0.6) is 0 Å². The van der Waals surface area contributed by atoms with Crippen molar-refractivity contribution in [3.05, 3.63) is 261 Å². The van der Waals surface area contributed by atoms with Crippen molar-refractivity contribution >= 4 is 11.3 Å². The van der Waals surface area contributed by atoms with E-state index in [0.717, 1.165) is 11.5 Å². The third-order valence-corrected chi connectivity index (χ3v) is 18.6. The minimum Gasteiger partial charge on any atom is -0.349 e. The average molecular weight is 1790 g/mol. The molecule has 0 atom stereocenters. The van der Waals surface area contributed by atoms with Crippen LogP contribution >= 0.6 is 11.3 Å². The van der Waals surface area contributed by atoms with Crippen LogP contribution in [-0.2, 0) is 76.8 Å². The Morgan fingerprint density at radius 1 is 0.302 bits per heavy atom. The number of nitrogens with one attached hydrogen (secondary N) is 1. The van der Waals surface area contributed by atoms with Crippen molar-refractivity contribution in [2.24, 2.45) is 0 Å². The van der Waals surface area contributed by atoms with Gasteiger partial charge >= 0.3 is 0 Å². The number of pyridine rings is 3. The molecule has 14 heterocycles. The van der Waals surface area contributed by atoms with Crippen molar-refractivity contribution in [1.29, 1.82) is 0 Å². The molecule has 0 amide bonds. The van der Waals surface area contributed by atoms with Gasteiger partial charge in [-0.15, -0.1) is 31.7 Å². The highest BCUT2D eigenvalue weighted by atomic mass is 32.1. The van der Waals surface area contributed by atoms with E-state index in [-0.39, 0.29) is 76.8 Å². The van der Waals surface area contributed by atoms with Crippen molar-refractivity contribution in [3.63, 3.8) is 0 Å². The maximum absolute atomic E-state index is 4.58. The molecule has 0 saturated heterocycles. The molecular weight excluding hydrogens is 1630 g/mol. The number of thiazole rings is 1. The number of hydrogen-bond donors (Lipinski definition) is 1. The quantitative estimate of drug-likeness (QED) is 0.147. The molecule has 0 fully saturated rings. The molecule has 0 bridgehead atoms. The van der Waals surface area contributed by atoms with Gasteiger partial charge in [0.05, 0.1) is 51.6 Å². The molecule has 1 N–H and O–H groups in total. The van der Waals surface area contributed by atoms with Crippen molar-refractivity contribution in [2.45, 2.75) is 368 Å². The van der Waals surface area contributed by atoms with Crippen molar-refractivity contribution < 1.29 is 4.52 Å². The molecule has 0 aliphatic rings. The van der Waals surface area contributed by atoms with E-state index in [1.165, 1.54) is 28.2 Å². The molecule has 29 nitrogen and oxygen atoms in total.